The molecule has 0 aliphatic carbocycles. The molecule has 0 saturated heterocycles. The van der Waals surface area contributed by atoms with E-state index in [2.05, 4.69) is 261 Å². The summed E-state index contributed by atoms with van der Waals surface area (Å²) in [4.78, 5) is 41.1. The lowest BCUT2D eigenvalue weighted by Crippen LogP contribution is -2.17. The second-order valence-corrected chi connectivity index (χ2v) is 35.6. The molecule has 0 fully saturated rings. The van der Waals surface area contributed by atoms with Gasteiger partial charge in [0.1, 0.15) is 68.6 Å². The molecular formula is C88H98N8O4. The summed E-state index contributed by atoms with van der Waals surface area (Å²) in [5.74, 6) is 6.81. The predicted molar refractivity (Wildman–Crippen MR) is 412 cm³/mol. The number of hydrogen-bond donors (Lipinski definition) is 2. The highest BCUT2D eigenvalue weighted by atomic mass is 16.5. The zero-order valence-electron chi connectivity index (χ0n) is 63.2. The standard InChI is InChI=1S/C88H98N8O4/c1-81(2,3)49-37-41-61(57(45-49)85(13,14)15)97-65-33-25-29-53-69(65)77-89-73(53)94-78-71-55(31-27-35-67(71)99-63-43-39-51(83(7,8)9)47-59(63)87(19,20)21)75(91-78)96-80-72-56(32-28-36-68(72)100-64-44-40-52(84(10,11)12)48-60(64)88(22,23)24)76(92-80)95-79-70-54(74(90-79)93-77)30-26-34-66(70)98-62-42-38-50(82(4,5)6)46-58(62)86(16,17)18/h25-48H,1-24H3,(H2,89,90,91,92,93,94,95,96). The van der Waals surface area contributed by atoms with E-state index < -0.39 is 0 Å². The van der Waals surface area contributed by atoms with Gasteiger partial charge >= 0.3 is 0 Å². The fourth-order valence-corrected chi connectivity index (χ4v) is 13.4. The van der Waals surface area contributed by atoms with E-state index >= 15 is 0 Å². The topological polar surface area (TPSA) is 146 Å². The molecule has 8 bridgehead atoms. The lowest BCUT2D eigenvalue weighted by Gasteiger charge is -2.27. The van der Waals surface area contributed by atoms with E-state index in [-0.39, 0.29) is 43.3 Å². The van der Waals surface area contributed by atoms with Crippen LogP contribution in [0.25, 0.3) is 89.7 Å². The van der Waals surface area contributed by atoms with Crippen LogP contribution in [0, 0.1) is 0 Å². The van der Waals surface area contributed by atoms with Gasteiger partial charge in [-0.3, -0.25) is 0 Å². The van der Waals surface area contributed by atoms with E-state index in [1.807, 2.05) is 60.7 Å². The van der Waals surface area contributed by atoms with Crippen LogP contribution < -0.4 is 18.9 Å². The second kappa shape index (κ2) is 24.0. The van der Waals surface area contributed by atoms with Crippen molar-refractivity contribution in [2.45, 2.75) is 209 Å². The molecular weight excluding hydrogens is 1230 g/mol. The van der Waals surface area contributed by atoms with E-state index in [4.69, 9.17) is 48.9 Å². The highest BCUT2D eigenvalue weighted by Crippen LogP contribution is 2.50. The van der Waals surface area contributed by atoms with Crippen LogP contribution in [0.15, 0.2) is 146 Å². The molecule has 0 unspecified atom stereocenters. The van der Waals surface area contributed by atoms with E-state index in [0.717, 1.165) is 67.2 Å². The van der Waals surface area contributed by atoms with Gasteiger partial charge in [-0.2, -0.15) is 0 Å². The molecule has 11 aromatic rings. The maximum absolute atomic E-state index is 7.30. The van der Waals surface area contributed by atoms with Crippen molar-refractivity contribution in [2.24, 2.45) is 0 Å². The van der Waals surface area contributed by atoms with Crippen molar-refractivity contribution in [3.63, 3.8) is 0 Å². The largest absolute Gasteiger partial charge is 0.456 e. The first-order chi connectivity index (χ1) is 46.6. The van der Waals surface area contributed by atoms with Crippen LogP contribution in [-0.2, 0) is 43.3 Å². The highest BCUT2D eigenvalue weighted by molar-refractivity contribution is 6.10. The molecule has 0 atom stereocenters. The number of H-pyrrole nitrogens is 2. The zero-order chi connectivity index (χ0) is 71.9. The summed E-state index contributed by atoms with van der Waals surface area (Å²) in [6, 6.07) is 50.4. The maximum atomic E-state index is 7.30. The van der Waals surface area contributed by atoms with Gasteiger partial charge in [-0.05, 0) is 114 Å². The van der Waals surface area contributed by atoms with Gasteiger partial charge in [0.15, 0.2) is 23.3 Å². The Morgan fingerprint density at radius 2 is 0.500 bits per heavy atom. The number of aromatic nitrogens is 8. The quantitative estimate of drug-likeness (QED) is 0.151. The van der Waals surface area contributed by atoms with Crippen molar-refractivity contribution >= 4 is 44.1 Å². The van der Waals surface area contributed by atoms with Gasteiger partial charge in [0.05, 0.1) is 21.9 Å². The summed E-state index contributed by atoms with van der Waals surface area (Å²) in [5, 5.41) is 2.88. The lowest BCUT2D eigenvalue weighted by molar-refractivity contribution is 0.454. The third-order valence-corrected chi connectivity index (χ3v) is 19.3. The third-order valence-electron chi connectivity index (χ3n) is 19.3. The molecule has 8 aromatic carbocycles. The smallest absolute Gasteiger partial charge is 0.168 e. The minimum absolute atomic E-state index is 0.0928. The molecule has 514 valence electrons. The van der Waals surface area contributed by atoms with Crippen molar-refractivity contribution < 1.29 is 18.9 Å². The van der Waals surface area contributed by atoms with Gasteiger partial charge in [-0.15, -0.1) is 0 Å². The number of benzene rings is 8. The zero-order valence-corrected chi connectivity index (χ0v) is 63.2. The number of ether oxygens (including phenoxy) is 4. The number of rotatable bonds is 8. The molecule has 100 heavy (non-hydrogen) atoms. The van der Waals surface area contributed by atoms with Crippen LogP contribution in [0.4, 0.5) is 0 Å². The molecule has 3 aromatic heterocycles. The van der Waals surface area contributed by atoms with Crippen LogP contribution in [0.3, 0.4) is 0 Å². The monoisotopic (exact) mass is 1330 g/mol. The van der Waals surface area contributed by atoms with E-state index in [0.29, 0.717) is 90.8 Å². The molecule has 12 heteroatoms. The molecule has 0 amide bonds. The minimum Gasteiger partial charge on any atom is -0.456 e. The number of fused-ring (bicyclic) bond motifs is 20. The van der Waals surface area contributed by atoms with Gasteiger partial charge in [0, 0.05) is 44.2 Å². The van der Waals surface area contributed by atoms with E-state index in [1.165, 1.54) is 22.3 Å². The first kappa shape index (κ1) is 68.8. The summed E-state index contributed by atoms with van der Waals surface area (Å²) in [7, 11) is 0. The summed E-state index contributed by atoms with van der Waals surface area (Å²) < 4.78 is 29.2. The lowest BCUT2D eigenvalue weighted by atomic mass is 9.80. The fraction of sp³-hybridized carbons (Fsp3) is 0.364. The summed E-state index contributed by atoms with van der Waals surface area (Å²) in [6.07, 6.45) is 0. The molecule has 2 aliphatic rings. The third kappa shape index (κ3) is 13.1. The molecule has 2 N–H and O–H groups in total. The Balaban J connectivity index is 1.14. The SMILES string of the molecule is CC(C)(C)c1ccc(Oc2cccc3c2-c2nc-3nc3[nH]c(nc4nc(nc5[nH]c(n2)c2cccc(Oc6ccc(C(C)(C)C)cc6C(C)(C)C)c52)-c2cccc(Oc5ccc(C(C)(C)C)cc5C(C)(C)C)c2-4)c2cccc(Oc4ccc(C(C)(C)C)cc4C(C)(C)C)c32)c(C(C)(C)C)c1. The van der Waals surface area contributed by atoms with E-state index in [9.17, 15) is 0 Å². The van der Waals surface area contributed by atoms with Crippen molar-refractivity contribution in [3.05, 3.63) is 190 Å². The van der Waals surface area contributed by atoms with Crippen molar-refractivity contribution in [3.8, 4) is 91.5 Å². The Morgan fingerprint density at radius 3 is 0.780 bits per heavy atom. The second-order valence-electron chi connectivity index (χ2n) is 35.6. The predicted octanol–water partition coefficient (Wildman–Crippen LogP) is 24.4. The van der Waals surface area contributed by atoms with Crippen molar-refractivity contribution in [1.82, 2.24) is 39.9 Å². The van der Waals surface area contributed by atoms with Gasteiger partial charge in [-0.1, -0.05) is 263 Å². The van der Waals surface area contributed by atoms with Gasteiger partial charge < -0.3 is 28.9 Å². The molecule has 0 saturated carbocycles. The molecule has 0 radical (unpaired) electrons. The summed E-state index contributed by atoms with van der Waals surface area (Å²) in [6.45, 7) is 53.6. The van der Waals surface area contributed by atoms with Crippen molar-refractivity contribution in [1.29, 1.82) is 0 Å². The van der Waals surface area contributed by atoms with E-state index in [1.54, 1.807) is 0 Å². The fourth-order valence-electron chi connectivity index (χ4n) is 13.4. The van der Waals surface area contributed by atoms with Crippen LogP contribution in [0.2, 0.25) is 0 Å². The van der Waals surface area contributed by atoms with Gasteiger partial charge in [0.2, 0.25) is 0 Å². The Hall–Kier alpha value is -9.68. The highest BCUT2D eigenvalue weighted by Gasteiger charge is 2.33. The molecule has 12 nitrogen and oxygen atoms in total. The molecule has 2 aliphatic heterocycles. The molecule has 5 heterocycles. The normalized spacial score (nSPS) is 13.2. The Morgan fingerprint density at radius 1 is 0.240 bits per heavy atom. The van der Waals surface area contributed by atoms with Crippen LogP contribution in [-0.4, -0.2) is 39.9 Å². The average molecular weight is 1330 g/mol. The van der Waals surface area contributed by atoms with Crippen LogP contribution in [0.5, 0.6) is 46.0 Å². The van der Waals surface area contributed by atoms with Crippen LogP contribution in [0.1, 0.15) is 211 Å². The number of nitrogens with zero attached hydrogens (tertiary/aromatic N) is 6. The molecule has 13 rings (SSSR count). The summed E-state index contributed by atoms with van der Waals surface area (Å²) in [5.41, 5.74) is 12.4. The van der Waals surface area contributed by atoms with Crippen molar-refractivity contribution in [2.75, 3.05) is 0 Å². The number of hydrogen-bond acceptors (Lipinski definition) is 10. The van der Waals surface area contributed by atoms with Gasteiger partial charge in [-0.25, -0.2) is 29.9 Å². The average Bonchev–Trinajstić information content (AvgIpc) is 1.57. The minimum atomic E-state index is -0.276. The first-order valence-electron chi connectivity index (χ1n) is 35.2. The maximum Gasteiger partial charge on any atom is 0.168 e. The summed E-state index contributed by atoms with van der Waals surface area (Å²) >= 11 is 0. The van der Waals surface area contributed by atoms with Crippen LogP contribution >= 0.6 is 0 Å². The molecule has 0 spiro atoms. The Kier molecular flexibility index (Phi) is 16.5. The van der Waals surface area contributed by atoms with Gasteiger partial charge in [0.25, 0.3) is 0 Å². The number of nitrogens with one attached hydrogen (secondary N) is 2. The Labute approximate surface area is 590 Å². The first-order valence-corrected chi connectivity index (χ1v) is 35.2. The number of aromatic amines is 2. The Bertz CT molecular complexity index is 4950.